The Labute approximate surface area is 238 Å². The van der Waals surface area contributed by atoms with Gasteiger partial charge in [-0.25, -0.2) is 4.98 Å². The van der Waals surface area contributed by atoms with E-state index in [-0.39, 0.29) is 10.8 Å². The van der Waals surface area contributed by atoms with Crippen LogP contribution in [0.25, 0.3) is 0 Å². The van der Waals surface area contributed by atoms with Gasteiger partial charge in [-0.05, 0) is 99.2 Å². The molecule has 3 heterocycles. The number of aryl methyl sites for hydroxylation is 2. The van der Waals surface area contributed by atoms with Crippen molar-refractivity contribution >= 4 is 47.2 Å². The van der Waals surface area contributed by atoms with E-state index in [1.807, 2.05) is 0 Å². The summed E-state index contributed by atoms with van der Waals surface area (Å²) in [5.41, 5.74) is 4.12. The van der Waals surface area contributed by atoms with Crippen LogP contribution >= 0.6 is 18.7 Å². The molecule has 1 atom stereocenters. The summed E-state index contributed by atoms with van der Waals surface area (Å²) in [5.74, 6) is 1.52. The summed E-state index contributed by atoms with van der Waals surface area (Å²) in [7, 11) is -2.87. The first-order chi connectivity index (χ1) is 19.1. The number of benzene rings is 2. The normalized spacial score (nSPS) is 22.4. The molecular weight excluding hydrogens is 555 g/mol. The molecule has 212 valence electrons. The maximum Gasteiger partial charge on any atom is 0.387 e. The van der Waals surface area contributed by atoms with E-state index in [1.54, 1.807) is 13.3 Å². The summed E-state index contributed by atoms with van der Waals surface area (Å²) in [6.07, 6.45) is 8.84. The number of nitrogens with zero attached hydrogens (tertiary/aromatic N) is 3. The Morgan fingerprint density at radius 2 is 1.82 bits per heavy atom. The largest absolute Gasteiger partial charge is 0.435 e. The highest BCUT2D eigenvalue weighted by Gasteiger charge is 2.45. The van der Waals surface area contributed by atoms with E-state index >= 15 is 0 Å². The number of halogens is 3. The zero-order valence-electron chi connectivity index (χ0n) is 22.5. The van der Waals surface area contributed by atoms with Crippen molar-refractivity contribution in [3.05, 3.63) is 58.7 Å². The van der Waals surface area contributed by atoms with Crippen molar-refractivity contribution in [3.63, 3.8) is 0 Å². The molecule has 4 aliphatic rings. The predicted octanol–water partition coefficient (Wildman–Crippen LogP) is 6.81. The minimum absolute atomic E-state index is 0.0673. The van der Waals surface area contributed by atoms with Gasteiger partial charge >= 0.3 is 6.61 Å². The maximum absolute atomic E-state index is 12.9. The van der Waals surface area contributed by atoms with Crippen molar-refractivity contribution in [2.75, 3.05) is 30.5 Å². The molecule has 0 unspecified atom stereocenters. The molecule has 2 aliphatic carbocycles. The number of alkyl halides is 2. The number of hydrogen-bond donors (Lipinski definition) is 2. The Morgan fingerprint density at radius 3 is 2.52 bits per heavy atom. The molecule has 1 saturated carbocycles. The highest BCUT2D eigenvalue weighted by Crippen LogP contribution is 2.44. The quantitative estimate of drug-likeness (QED) is 0.221. The number of fused-ring (bicyclic) bond motifs is 2. The van der Waals surface area contributed by atoms with Gasteiger partial charge in [0.1, 0.15) is 17.9 Å². The van der Waals surface area contributed by atoms with E-state index in [2.05, 4.69) is 48.4 Å². The number of aromatic nitrogens is 2. The van der Waals surface area contributed by atoms with E-state index in [0.29, 0.717) is 28.8 Å². The molecule has 2 N–H and O–H groups in total. The molecule has 3 aromatic rings. The summed E-state index contributed by atoms with van der Waals surface area (Å²) in [5, 5.41) is 7.02. The van der Waals surface area contributed by atoms with Gasteiger partial charge < -0.3 is 19.9 Å². The van der Waals surface area contributed by atoms with Gasteiger partial charge in [0.15, 0.2) is 5.82 Å². The lowest BCUT2D eigenvalue weighted by molar-refractivity contribution is -0.0497. The number of anilines is 4. The first kappa shape index (κ1) is 27.4. The van der Waals surface area contributed by atoms with Gasteiger partial charge in [0.25, 0.3) is 0 Å². The first-order valence-corrected chi connectivity index (χ1v) is 16.7. The summed E-state index contributed by atoms with van der Waals surface area (Å²) in [6, 6.07) is 12.2. The number of hydrogen-bond acceptors (Lipinski definition) is 7. The van der Waals surface area contributed by atoms with Gasteiger partial charge in [-0.15, -0.1) is 0 Å². The zero-order valence-corrected chi connectivity index (χ0v) is 24.2. The fourth-order valence-electron chi connectivity index (χ4n) is 6.33. The fourth-order valence-corrected chi connectivity index (χ4v) is 7.61. The molecule has 0 spiro atoms. The minimum Gasteiger partial charge on any atom is -0.435 e. The highest BCUT2D eigenvalue weighted by molar-refractivity contribution is 7.70. The van der Waals surface area contributed by atoms with Gasteiger partial charge in [-0.3, -0.25) is 4.90 Å². The second-order valence-corrected chi connectivity index (χ2v) is 15.0. The molecule has 2 aromatic carbocycles. The van der Waals surface area contributed by atoms with Crippen molar-refractivity contribution in [3.8, 4) is 5.75 Å². The molecule has 0 radical (unpaired) electrons. The minimum atomic E-state index is -2.98. The lowest BCUT2D eigenvalue weighted by Crippen LogP contribution is -2.37. The Morgan fingerprint density at radius 1 is 1.05 bits per heavy atom. The number of ether oxygens (including phenoxy) is 1. The van der Waals surface area contributed by atoms with Crippen LogP contribution in [0.2, 0.25) is 5.02 Å². The molecule has 1 aromatic heterocycles. The molecule has 2 bridgehead atoms. The summed E-state index contributed by atoms with van der Waals surface area (Å²) in [4.78, 5) is 11.7. The van der Waals surface area contributed by atoms with Gasteiger partial charge in [0.05, 0.1) is 11.9 Å². The molecular formula is C29H33ClF2N5O2P. The van der Waals surface area contributed by atoms with E-state index in [1.165, 1.54) is 67.8 Å². The van der Waals surface area contributed by atoms with E-state index in [0.717, 1.165) is 30.5 Å². The summed E-state index contributed by atoms with van der Waals surface area (Å²) in [6.45, 7) is 1.42. The Kier molecular flexibility index (Phi) is 7.49. The van der Waals surface area contributed by atoms with Gasteiger partial charge in [-0.2, -0.15) is 13.8 Å². The molecule has 3 fully saturated rings. The third kappa shape index (κ3) is 5.83. The van der Waals surface area contributed by atoms with Gasteiger partial charge in [0.2, 0.25) is 5.95 Å². The van der Waals surface area contributed by atoms with Crippen LogP contribution in [0.5, 0.6) is 5.75 Å². The van der Waals surface area contributed by atoms with Crippen LogP contribution in [0.3, 0.4) is 0 Å². The van der Waals surface area contributed by atoms with Crippen LogP contribution in [-0.4, -0.2) is 53.4 Å². The van der Waals surface area contributed by atoms with Crippen LogP contribution in [0.1, 0.15) is 36.8 Å². The molecule has 7 rings (SSSR count). The number of rotatable bonds is 8. The second-order valence-electron chi connectivity index (χ2n) is 11.5. The fraction of sp³-hybridized carbons (Fsp3) is 0.448. The molecule has 0 amide bonds. The van der Waals surface area contributed by atoms with Crippen LogP contribution in [0.4, 0.5) is 31.9 Å². The van der Waals surface area contributed by atoms with Crippen molar-refractivity contribution in [2.45, 2.75) is 57.2 Å². The summed E-state index contributed by atoms with van der Waals surface area (Å²) < 4.78 is 42.9. The average Bonchev–Trinajstić information content (AvgIpc) is 3.42. The van der Waals surface area contributed by atoms with Crippen LogP contribution in [0.15, 0.2) is 42.6 Å². The predicted molar refractivity (Wildman–Crippen MR) is 156 cm³/mol. The van der Waals surface area contributed by atoms with Crippen molar-refractivity contribution in [1.82, 2.24) is 14.9 Å². The Bertz CT molecular complexity index is 1460. The lowest BCUT2D eigenvalue weighted by Gasteiger charge is -2.32. The smallest absolute Gasteiger partial charge is 0.387 e. The maximum atomic E-state index is 12.9. The topological polar surface area (TPSA) is 79.4 Å². The first-order valence-electron chi connectivity index (χ1n) is 13.7. The van der Waals surface area contributed by atoms with Crippen molar-refractivity contribution in [2.24, 2.45) is 5.92 Å². The molecule has 7 nitrogen and oxygen atoms in total. The average molecular weight is 588 g/mol. The molecule has 2 aliphatic heterocycles. The van der Waals surface area contributed by atoms with Crippen LogP contribution in [0, 0.1) is 5.92 Å². The Balaban J connectivity index is 1.18. The molecule has 40 heavy (non-hydrogen) atoms. The van der Waals surface area contributed by atoms with E-state index < -0.39 is 13.8 Å². The standard InChI is InChI=1S/C29H33ClF2N5O2P/c1-40(2,38)26-14-23(39-28(31)32)9-10-25(26)35-27-24(30)15-33-29(36-27)34-20-6-3-18-4-7-21(8-5-19(18)13-20)37-16-17-11-22(37)12-17/h3,6,9-10,13-15,17,21-22,28H,4-5,7-8,11-12,16H2,1-2H3,(H2,33,34,35,36)/t17?,21-,22?/m0/s1. The lowest BCUT2D eigenvalue weighted by atomic mass is 9.86. The third-order valence-electron chi connectivity index (χ3n) is 8.35. The number of nitrogens with one attached hydrogen (secondary N) is 2. The van der Waals surface area contributed by atoms with Crippen molar-refractivity contribution < 1.29 is 18.1 Å². The zero-order chi connectivity index (χ0) is 28.0. The highest BCUT2D eigenvalue weighted by atomic mass is 35.5. The molecule has 2 saturated heterocycles. The Hall–Kier alpha value is -2.74. The summed E-state index contributed by atoms with van der Waals surface area (Å²) >= 11 is 6.40. The second kappa shape index (κ2) is 10.9. The van der Waals surface area contributed by atoms with Gasteiger partial charge in [0, 0.05) is 29.6 Å². The van der Waals surface area contributed by atoms with Crippen LogP contribution in [-0.2, 0) is 17.4 Å². The third-order valence-corrected chi connectivity index (χ3v) is 10.2. The van der Waals surface area contributed by atoms with E-state index in [4.69, 9.17) is 11.6 Å². The van der Waals surface area contributed by atoms with Crippen molar-refractivity contribution in [1.29, 1.82) is 0 Å². The SMILES string of the molecule is CP(C)(=O)c1cc(OC(F)F)ccc1Nc1nc(Nc2ccc3c(c2)CC[C@@H](N2CC4CC2C4)CC3)ncc1Cl. The molecule has 11 heteroatoms. The van der Waals surface area contributed by atoms with E-state index in [9.17, 15) is 13.3 Å². The van der Waals surface area contributed by atoms with Gasteiger partial charge in [-0.1, -0.05) is 17.7 Å². The monoisotopic (exact) mass is 587 g/mol. The van der Waals surface area contributed by atoms with Crippen LogP contribution < -0.4 is 20.7 Å².